The van der Waals surface area contributed by atoms with Crippen LogP contribution in [0.1, 0.15) is 21.5 Å². The zero-order valence-corrected chi connectivity index (χ0v) is 12.7. The first-order valence-electron chi connectivity index (χ1n) is 7.16. The number of H-pyrrole nitrogens is 1. The number of hydrogen-bond donors (Lipinski definition) is 2. The van der Waals surface area contributed by atoms with Gasteiger partial charge in [-0.3, -0.25) is 9.59 Å². The minimum Gasteiger partial charge on any atom is -0.360 e. The molecule has 4 nitrogen and oxygen atoms in total. The number of halogens is 1. The number of fused-ring (bicyclic) bond motifs is 1. The molecule has 1 amide bonds. The van der Waals surface area contributed by atoms with E-state index in [4.69, 9.17) is 0 Å². The summed E-state index contributed by atoms with van der Waals surface area (Å²) in [4.78, 5) is 27.7. The van der Waals surface area contributed by atoms with Gasteiger partial charge in [-0.2, -0.15) is 0 Å². The summed E-state index contributed by atoms with van der Waals surface area (Å²) in [6.07, 6.45) is 1.35. The Morgan fingerprint density at radius 1 is 1.17 bits per heavy atom. The maximum atomic E-state index is 13.3. The molecule has 2 aromatic carbocycles. The van der Waals surface area contributed by atoms with E-state index in [1.54, 1.807) is 6.07 Å². The molecule has 0 fully saturated rings. The van der Waals surface area contributed by atoms with Crippen molar-refractivity contribution in [3.63, 3.8) is 0 Å². The molecular weight excluding hydrogens is 295 g/mol. The van der Waals surface area contributed by atoms with Gasteiger partial charge in [-0.25, -0.2) is 4.39 Å². The van der Waals surface area contributed by atoms with Crippen LogP contribution in [0.25, 0.3) is 10.9 Å². The lowest BCUT2D eigenvalue weighted by molar-refractivity contribution is 0.102. The summed E-state index contributed by atoms with van der Waals surface area (Å²) in [7, 11) is 0. The molecule has 0 aliphatic carbocycles. The standard InChI is InChI=1S/C18H15FN2O2/c1-10-4-3-5-15(11(10)2)21-18(23)14-9-20-16-7-6-12(19)8-13(16)17(14)22/h3-9H,1-2H3,(H,20,22)(H,21,23). The van der Waals surface area contributed by atoms with Crippen LogP contribution in [0.3, 0.4) is 0 Å². The highest BCUT2D eigenvalue weighted by Gasteiger charge is 2.14. The Balaban J connectivity index is 2.03. The second-order valence-corrected chi connectivity index (χ2v) is 5.42. The first-order valence-corrected chi connectivity index (χ1v) is 7.16. The van der Waals surface area contributed by atoms with Gasteiger partial charge >= 0.3 is 0 Å². The highest BCUT2D eigenvalue weighted by Crippen LogP contribution is 2.18. The number of aromatic nitrogens is 1. The maximum Gasteiger partial charge on any atom is 0.261 e. The average Bonchev–Trinajstić information content (AvgIpc) is 2.52. The van der Waals surface area contributed by atoms with E-state index in [2.05, 4.69) is 10.3 Å². The van der Waals surface area contributed by atoms with E-state index in [0.717, 1.165) is 17.2 Å². The summed E-state index contributed by atoms with van der Waals surface area (Å²) in [5.41, 5.74) is 2.56. The Bertz CT molecular complexity index is 976. The summed E-state index contributed by atoms with van der Waals surface area (Å²) in [5, 5.41) is 2.89. The van der Waals surface area contributed by atoms with Gasteiger partial charge in [-0.1, -0.05) is 12.1 Å². The molecule has 3 aromatic rings. The SMILES string of the molecule is Cc1cccc(NC(=O)c2c[nH]c3ccc(F)cc3c2=O)c1C. The average molecular weight is 310 g/mol. The molecule has 0 unspecified atom stereocenters. The topological polar surface area (TPSA) is 62.0 Å². The van der Waals surface area contributed by atoms with E-state index in [-0.39, 0.29) is 10.9 Å². The maximum absolute atomic E-state index is 13.3. The van der Waals surface area contributed by atoms with E-state index >= 15 is 0 Å². The largest absolute Gasteiger partial charge is 0.360 e. The Hall–Kier alpha value is -2.95. The Morgan fingerprint density at radius 2 is 1.96 bits per heavy atom. The molecule has 5 heteroatoms. The third kappa shape index (κ3) is 2.73. The van der Waals surface area contributed by atoms with Crippen LogP contribution in [0.4, 0.5) is 10.1 Å². The van der Waals surface area contributed by atoms with Crippen LogP contribution in [0, 0.1) is 19.7 Å². The molecule has 0 aliphatic rings. The molecule has 3 rings (SSSR count). The summed E-state index contributed by atoms with van der Waals surface area (Å²) in [6.45, 7) is 3.83. The van der Waals surface area contributed by atoms with Crippen LogP contribution in [-0.2, 0) is 0 Å². The van der Waals surface area contributed by atoms with E-state index in [1.807, 2.05) is 26.0 Å². The fourth-order valence-corrected chi connectivity index (χ4v) is 2.44. The highest BCUT2D eigenvalue weighted by atomic mass is 19.1. The number of aryl methyl sites for hydroxylation is 1. The van der Waals surface area contributed by atoms with Crippen LogP contribution in [0.2, 0.25) is 0 Å². The number of hydrogen-bond acceptors (Lipinski definition) is 2. The van der Waals surface area contributed by atoms with E-state index in [1.165, 1.54) is 18.3 Å². The van der Waals surface area contributed by atoms with E-state index in [0.29, 0.717) is 11.2 Å². The third-order valence-corrected chi connectivity index (χ3v) is 3.94. The van der Waals surface area contributed by atoms with Gasteiger partial charge in [-0.05, 0) is 49.2 Å². The summed E-state index contributed by atoms with van der Waals surface area (Å²) < 4.78 is 13.3. The van der Waals surface area contributed by atoms with Crippen LogP contribution in [0.5, 0.6) is 0 Å². The molecule has 0 saturated carbocycles. The monoisotopic (exact) mass is 310 g/mol. The Morgan fingerprint density at radius 3 is 2.74 bits per heavy atom. The number of amides is 1. The second kappa shape index (κ2) is 5.68. The smallest absolute Gasteiger partial charge is 0.261 e. The molecule has 0 aliphatic heterocycles. The predicted molar refractivity (Wildman–Crippen MR) is 88.4 cm³/mol. The normalized spacial score (nSPS) is 10.7. The van der Waals surface area contributed by atoms with E-state index in [9.17, 15) is 14.0 Å². The number of benzene rings is 2. The molecule has 0 radical (unpaired) electrons. The van der Waals surface area contributed by atoms with Gasteiger partial charge in [0.2, 0.25) is 5.43 Å². The zero-order chi connectivity index (χ0) is 16.6. The zero-order valence-electron chi connectivity index (χ0n) is 12.7. The highest BCUT2D eigenvalue weighted by molar-refractivity contribution is 6.06. The minimum atomic E-state index is -0.522. The third-order valence-electron chi connectivity index (χ3n) is 3.94. The van der Waals surface area contributed by atoms with Gasteiger partial charge in [0, 0.05) is 22.8 Å². The molecule has 1 heterocycles. The Kier molecular flexibility index (Phi) is 3.70. The number of carbonyl (C=O) groups is 1. The van der Waals surface area contributed by atoms with Crippen molar-refractivity contribution < 1.29 is 9.18 Å². The number of carbonyl (C=O) groups excluding carboxylic acids is 1. The van der Waals surface area contributed by atoms with Crippen molar-refractivity contribution in [2.45, 2.75) is 13.8 Å². The van der Waals surface area contributed by atoms with Crippen molar-refractivity contribution in [1.82, 2.24) is 4.98 Å². The Labute approximate surface area is 132 Å². The van der Waals surface area contributed by atoms with Crippen molar-refractivity contribution in [2.75, 3.05) is 5.32 Å². The predicted octanol–water partition coefficient (Wildman–Crippen LogP) is 3.54. The number of aromatic amines is 1. The van der Waals surface area contributed by atoms with Crippen molar-refractivity contribution in [3.8, 4) is 0 Å². The summed E-state index contributed by atoms with van der Waals surface area (Å²) >= 11 is 0. The lowest BCUT2D eigenvalue weighted by Crippen LogP contribution is -2.22. The van der Waals surface area contributed by atoms with Crippen molar-refractivity contribution in [2.24, 2.45) is 0 Å². The number of rotatable bonds is 2. The first kappa shape index (κ1) is 15.0. The summed E-state index contributed by atoms with van der Waals surface area (Å²) in [5.74, 6) is -1.04. The number of pyridine rings is 1. The first-order chi connectivity index (χ1) is 11.0. The molecular formula is C18H15FN2O2. The van der Waals surface area contributed by atoms with Gasteiger partial charge in [0.05, 0.1) is 0 Å². The molecule has 23 heavy (non-hydrogen) atoms. The molecule has 0 bridgehead atoms. The second-order valence-electron chi connectivity index (χ2n) is 5.42. The van der Waals surface area contributed by atoms with Crippen molar-refractivity contribution in [1.29, 1.82) is 0 Å². The van der Waals surface area contributed by atoms with Crippen LogP contribution < -0.4 is 10.7 Å². The lowest BCUT2D eigenvalue weighted by Gasteiger charge is -2.10. The van der Waals surface area contributed by atoms with Gasteiger partial charge < -0.3 is 10.3 Å². The van der Waals surface area contributed by atoms with Crippen LogP contribution in [0.15, 0.2) is 47.4 Å². The molecule has 0 atom stereocenters. The number of anilines is 1. The molecule has 1 aromatic heterocycles. The molecule has 116 valence electrons. The minimum absolute atomic E-state index is 0.0518. The van der Waals surface area contributed by atoms with E-state index < -0.39 is 17.2 Å². The molecule has 0 spiro atoms. The quantitative estimate of drug-likeness (QED) is 0.760. The molecule has 2 N–H and O–H groups in total. The van der Waals surface area contributed by atoms with Gasteiger partial charge in [0.25, 0.3) is 5.91 Å². The van der Waals surface area contributed by atoms with Crippen molar-refractivity contribution in [3.05, 3.63) is 75.3 Å². The molecule has 0 saturated heterocycles. The van der Waals surface area contributed by atoms with Gasteiger partial charge in [0.15, 0.2) is 0 Å². The fraction of sp³-hybridized carbons (Fsp3) is 0.111. The fourth-order valence-electron chi connectivity index (χ4n) is 2.44. The summed E-state index contributed by atoms with van der Waals surface area (Å²) in [6, 6.07) is 9.40. The lowest BCUT2D eigenvalue weighted by atomic mass is 10.1. The van der Waals surface area contributed by atoms with Crippen LogP contribution in [-0.4, -0.2) is 10.9 Å². The number of nitrogens with one attached hydrogen (secondary N) is 2. The van der Waals surface area contributed by atoms with Crippen molar-refractivity contribution >= 4 is 22.5 Å². The van der Waals surface area contributed by atoms with Gasteiger partial charge in [0.1, 0.15) is 11.4 Å². The van der Waals surface area contributed by atoms with Crippen LogP contribution >= 0.6 is 0 Å². The van der Waals surface area contributed by atoms with Gasteiger partial charge in [-0.15, -0.1) is 0 Å².